The molecular weight excluding hydrogens is 722 g/mol. The lowest BCUT2D eigenvalue weighted by Crippen LogP contribution is -2.46. The second kappa shape index (κ2) is 17.1. The maximum absolute atomic E-state index is 14.3. The Bertz CT molecular complexity index is 1970. The molecule has 4 aliphatic heterocycles. The number of esters is 1. The molecule has 14 heteroatoms. The van der Waals surface area contributed by atoms with Gasteiger partial charge in [-0.25, -0.2) is 0 Å². The van der Waals surface area contributed by atoms with Gasteiger partial charge in [-0.15, -0.1) is 0 Å². The summed E-state index contributed by atoms with van der Waals surface area (Å²) in [5.74, 6) is -6.74. The minimum absolute atomic E-state index is 0.0212. The van der Waals surface area contributed by atoms with E-state index < -0.39 is 77.3 Å². The number of aliphatic hydroxyl groups is 2. The largest absolute Gasteiger partial charge is 0.507 e. The molecule has 5 N–H and O–H groups in total. The number of hydrogen-bond donors (Lipinski definition) is 5. The van der Waals surface area contributed by atoms with Crippen LogP contribution >= 0.6 is 0 Å². The predicted octanol–water partition coefficient (Wildman–Crippen LogP) is 5.48. The summed E-state index contributed by atoms with van der Waals surface area (Å²) in [6, 6.07) is 1.57. The van der Waals surface area contributed by atoms with E-state index in [9.17, 15) is 34.8 Å². The molecule has 1 saturated heterocycles. The molecule has 4 heterocycles. The highest BCUT2D eigenvalue weighted by atomic mass is 16.7. The Labute approximate surface area is 327 Å². The van der Waals surface area contributed by atoms with E-state index in [0.29, 0.717) is 0 Å². The van der Waals surface area contributed by atoms with Crippen LogP contribution in [0.25, 0.3) is 10.8 Å². The molecule has 1 amide bonds. The number of ether oxygens (including phenoxy) is 4. The summed E-state index contributed by atoms with van der Waals surface area (Å²) in [5.41, 5.74) is 0.739. The summed E-state index contributed by atoms with van der Waals surface area (Å²) >= 11 is 0. The van der Waals surface area contributed by atoms with E-state index >= 15 is 0 Å². The summed E-state index contributed by atoms with van der Waals surface area (Å²) in [5, 5.41) is 55.5. The number of carbonyl (C=O) groups is 3. The van der Waals surface area contributed by atoms with Gasteiger partial charge in [-0.2, -0.15) is 5.10 Å². The molecular formula is C42H55N3O11. The normalized spacial score (nSPS) is 32.6. The molecule has 9 unspecified atom stereocenters. The smallest absolute Gasteiger partial charge is 0.312 e. The molecule has 0 saturated carbocycles. The van der Waals surface area contributed by atoms with Crippen LogP contribution in [0.4, 0.5) is 5.69 Å². The van der Waals surface area contributed by atoms with Gasteiger partial charge in [-0.05, 0) is 38.8 Å². The maximum Gasteiger partial charge on any atom is 0.312 e. The van der Waals surface area contributed by atoms with Crippen molar-refractivity contribution in [2.24, 2.45) is 28.8 Å². The average molecular weight is 778 g/mol. The molecule has 2 aromatic carbocycles. The van der Waals surface area contributed by atoms with Crippen molar-refractivity contribution >= 4 is 40.3 Å². The van der Waals surface area contributed by atoms with Gasteiger partial charge in [-0.3, -0.25) is 19.4 Å². The molecule has 0 aromatic heterocycles. The zero-order valence-electron chi connectivity index (χ0n) is 33.5. The van der Waals surface area contributed by atoms with Crippen LogP contribution in [0, 0.1) is 30.6 Å². The van der Waals surface area contributed by atoms with Gasteiger partial charge >= 0.3 is 11.8 Å². The van der Waals surface area contributed by atoms with Crippen molar-refractivity contribution in [3.8, 4) is 17.2 Å². The zero-order chi connectivity index (χ0) is 41.2. The second-order valence-corrected chi connectivity index (χ2v) is 15.4. The first-order valence-corrected chi connectivity index (χ1v) is 19.1. The van der Waals surface area contributed by atoms with E-state index in [1.54, 1.807) is 71.9 Å². The van der Waals surface area contributed by atoms with Gasteiger partial charge in [0.05, 0.1) is 47.4 Å². The number of allylic oxidation sites excluding steroid dienone is 2. The SMILES string of the molecule is COC1/C=C/OC2(C)Oc3c(C)c(O)c4c(O)c(c(/C=N/N5CCCC5)cc4c3C2=O)NC(=O)/C(C)=C\C=C\C(C)C(O)C(C)C(O)C(C)C(OC(C)=O)C1C. The fourth-order valence-corrected chi connectivity index (χ4v) is 7.74. The molecule has 1 fully saturated rings. The van der Waals surface area contributed by atoms with E-state index in [2.05, 4.69) is 10.4 Å². The van der Waals surface area contributed by atoms with Crippen LogP contribution in [0.1, 0.15) is 82.8 Å². The van der Waals surface area contributed by atoms with Crippen molar-refractivity contribution in [2.45, 2.75) is 98.4 Å². The molecule has 14 nitrogen and oxygen atoms in total. The van der Waals surface area contributed by atoms with Crippen LogP contribution in [-0.4, -0.2) is 99.7 Å². The standard InChI is InChI=1S/C42H55N3O11/c1-21-13-12-14-22(2)41(52)44-33-28(20-43-45-16-10-11-17-45)19-29-31(37(33)50)36(49)26(6)39-32(29)40(51)42(8,56-39)54-18-15-30(53-9)23(3)38(55-27(7)46)25(5)35(48)24(4)34(21)47/h12-15,18-21,23-25,30,34-35,38,47-50H,10-11,16-17H2,1-9H3,(H,44,52)/b13-12+,18-15+,22-14-,43-20+. The zero-order valence-corrected chi connectivity index (χ0v) is 33.5. The van der Waals surface area contributed by atoms with Gasteiger partial charge in [0, 0.05) is 79.8 Å². The average Bonchev–Trinajstić information content (AvgIpc) is 3.78. The Hall–Kier alpha value is -4.92. The number of carbonyl (C=O) groups excluding carboxylic acids is 3. The van der Waals surface area contributed by atoms with Crippen molar-refractivity contribution in [1.29, 1.82) is 0 Å². The van der Waals surface area contributed by atoms with Gasteiger partial charge < -0.3 is 44.7 Å². The third-order valence-electron chi connectivity index (χ3n) is 11.3. The highest BCUT2D eigenvalue weighted by Crippen LogP contribution is 2.51. The third-order valence-corrected chi connectivity index (χ3v) is 11.3. The van der Waals surface area contributed by atoms with Gasteiger partial charge in [0.25, 0.3) is 11.7 Å². The van der Waals surface area contributed by atoms with Crippen LogP contribution in [0.3, 0.4) is 0 Å². The Balaban J connectivity index is 1.67. The number of nitrogens with zero attached hydrogens (tertiary/aromatic N) is 2. The molecule has 304 valence electrons. The van der Waals surface area contributed by atoms with Crippen molar-refractivity contribution in [3.63, 3.8) is 0 Å². The van der Waals surface area contributed by atoms with E-state index in [1.807, 2.05) is 5.01 Å². The number of aromatic hydroxyl groups is 2. The fraction of sp³-hybridized carbons (Fsp3) is 0.524. The number of rotatable bonds is 4. The lowest BCUT2D eigenvalue weighted by atomic mass is 9.78. The number of benzene rings is 2. The first-order chi connectivity index (χ1) is 26.4. The molecule has 4 aliphatic rings. The van der Waals surface area contributed by atoms with Gasteiger partial charge in [0.2, 0.25) is 0 Å². The summed E-state index contributed by atoms with van der Waals surface area (Å²) < 4.78 is 23.7. The summed E-state index contributed by atoms with van der Waals surface area (Å²) in [7, 11) is 1.46. The van der Waals surface area contributed by atoms with Crippen molar-refractivity contribution < 1.29 is 53.8 Å². The Morgan fingerprint density at radius 3 is 2.34 bits per heavy atom. The number of Topliss-reactive ketones (excluding diaryl/α,β-unsaturated/α-hetero) is 1. The molecule has 0 aliphatic carbocycles. The molecule has 0 spiro atoms. The Morgan fingerprint density at radius 2 is 1.70 bits per heavy atom. The highest BCUT2D eigenvalue weighted by molar-refractivity contribution is 6.21. The number of aliphatic hydroxyl groups excluding tert-OH is 2. The number of hydrogen-bond acceptors (Lipinski definition) is 13. The number of phenolic OH excluding ortho intramolecular Hbond substituents is 2. The van der Waals surface area contributed by atoms with Crippen molar-refractivity contribution in [2.75, 3.05) is 25.5 Å². The number of ketones is 1. The minimum Gasteiger partial charge on any atom is -0.507 e. The van der Waals surface area contributed by atoms with E-state index in [4.69, 9.17) is 18.9 Å². The van der Waals surface area contributed by atoms with Gasteiger partial charge in [-0.1, -0.05) is 45.9 Å². The van der Waals surface area contributed by atoms with Gasteiger partial charge in [0.15, 0.2) is 5.75 Å². The number of nitrogens with one attached hydrogen (secondary N) is 1. The Kier molecular flexibility index (Phi) is 12.9. The lowest BCUT2D eigenvalue weighted by molar-refractivity contribution is -0.160. The third kappa shape index (κ3) is 8.28. The molecule has 0 radical (unpaired) electrons. The lowest BCUT2D eigenvalue weighted by Gasteiger charge is -2.38. The minimum atomic E-state index is -1.91. The first kappa shape index (κ1) is 42.2. The van der Waals surface area contributed by atoms with Crippen LogP contribution in [0.5, 0.6) is 17.2 Å². The summed E-state index contributed by atoms with van der Waals surface area (Å²) in [6.07, 6.45) is 7.38. The maximum atomic E-state index is 14.3. The summed E-state index contributed by atoms with van der Waals surface area (Å²) in [6.45, 7) is 14.3. The van der Waals surface area contributed by atoms with E-state index in [-0.39, 0.29) is 50.2 Å². The number of phenols is 2. The Morgan fingerprint density at radius 1 is 1.02 bits per heavy atom. The fourth-order valence-electron chi connectivity index (χ4n) is 7.74. The highest BCUT2D eigenvalue weighted by Gasteiger charge is 2.49. The van der Waals surface area contributed by atoms with Crippen LogP contribution in [0.15, 0.2) is 47.3 Å². The van der Waals surface area contributed by atoms with E-state index in [1.165, 1.54) is 33.4 Å². The molecule has 6 rings (SSSR count). The first-order valence-electron chi connectivity index (χ1n) is 19.1. The van der Waals surface area contributed by atoms with Gasteiger partial charge in [0.1, 0.15) is 17.6 Å². The number of anilines is 1. The molecule has 2 aromatic rings. The molecule has 5 bridgehead atoms. The topological polar surface area (TPSA) is 197 Å². The van der Waals surface area contributed by atoms with Crippen LogP contribution in [-0.2, 0) is 23.8 Å². The quantitative estimate of drug-likeness (QED) is 0.149. The summed E-state index contributed by atoms with van der Waals surface area (Å²) in [4.78, 5) is 40.3. The number of methoxy groups -OCH3 is 1. The molecule has 56 heavy (non-hydrogen) atoms. The van der Waals surface area contributed by atoms with E-state index in [0.717, 1.165) is 25.9 Å². The van der Waals surface area contributed by atoms with Crippen LogP contribution < -0.4 is 10.1 Å². The van der Waals surface area contributed by atoms with Crippen LogP contribution in [0.2, 0.25) is 0 Å². The number of fused-ring (bicyclic) bond motifs is 14. The number of hydrazone groups is 1. The molecule has 9 atom stereocenters. The van der Waals surface area contributed by atoms with Crippen molar-refractivity contribution in [1.82, 2.24) is 5.01 Å². The second-order valence-electron chi connectivity index (χ2n) is 15.4. The predicted molar refractivity (Wildman–Crippen MR) is 211 cm³/mol. The number of amides is 1. The monoisotopic (exact) mass is 777 g/mol. The van der Waals surface area contributed by atoms with Crippen molar-refractivity contribution in [3.05, 3.63) is 58.9 Å².